The molecule has 0 aliphatic rings. The van der Waals surface area contributed by atoms with Crippen molar-refractivity contribution in [2.75, 3.05) is 12.8 Å². The number of carbonyl (C=O) groups is 1. The number of ether oxygens (including phenoxy) is 1. The monoisotopic (exact) mass is 490 g/mol. The quantitative estimate of drug-likeness (QED) is 0.377. The lowest BCUT2D eigenvalue weighted by Gasteiger charge is -2.11. The van der Waals surface area contributed by atoms with E-state index in [1.165, 1.54) is 30.1 Å². The van der Waals surface area contributed by atoms with Gasteiger partial charge in [0.25, 0.3) is 0 Å². The van der Waals surface area contributed by atoms with Crippen molar-refractivity contribution in [3.8, 4) is 11.1 Å². The zero-order chi connectivity index (χ0) is 25.3. The first-order chi connectivity index (χ1) is 16.6. The smallest absolute Gasteiger partial charge is 0.382 e. The molecule has 0 spiro atoms. The molecule has 4 rings (SSSR count). The number of nitrogens with zero attached hydrogens (tertiary/aromatic N) is 3. The van der Waals surface area contributed by atoms with Crippen LogP contribution in [-0.4, -0.2) is 27.5 Å². The molecule has 2 aromatic carbocycles. The van der Waals surface area contributed by atoms with E-state index in [1.807, 2.05) is 0 Å². The summed E-state index contributed by atoms with van der Waals surface area (Å²) in [7, 11) is 1.50. The van der Waals surface area contributed by atoms with E-state index in [4.69, 9.17) is 10.5 Å². The van der Waals surface area contributed by atoms with E-state index in [0.29, 0.717) is 40.4 Å². The second-order valence-corrected chi connectivity index (χ2v) is 7.90. The fourth-order valence-corrected chi connectivity index (χ4v) is 3.89. The highest BCUT2D eigenvalue weighted by atomic mass is 19.4. The van der Waals surface area contributed by atoms with E-state index in [9.17, 15) is 26.7 Å². The molecule has 0 atom stereocenters. The van der Waals surface area contributed by atoms with Gasteiger partial charge in [-0.25, -0.2) is 18.3 Å². The van der Waals surface area contributed by atoms with Gasteiger partial charge in [0.1, 0.15) is 29.3 Å². The molecule has 0 aliphatic heterocycles. The average molecular weight is 490 g/mol. The highest BCUT2D eigenvalue weighted by molar-refractivity contribution is 5.90. The van der Waals surface area contributed by atoms with Crippen molar-refractivity contribution in [3.05, 3.63) is 82.8 Å². The zero-order valence-electron chi connectivity index (χ0n) is 18.4. The van der Waals surface area contributed by atoms with Gasteiger partial charge < -0.3 is 10.5 Å². The van der Waals surface area contributed by atoms with Crippen molar-refractivity contribution in [2.45, 2.75) is 25.6 Å². The van der Waals surface area contributed by atoms with Crippen LogP contribution in [0.1, 0.15) is 22.3 Å². The summed E-state index contributed by atoms with van der Waals surface area (Å²) in [4.78, 5) is 16.4. The first-order valence-electron chi connectivity index (χ1n) is 10.3. The fraction of sp³-hybridized carbons (Fsp3) is 0.208. The van der Waals surface area contributed by atoms with Crippen LogP contribution in [0.4, 0.5) is 27.8 Å². The maximum atomic E-state index is 15.0. The number of nitrogen functional groups attached to an aromatic ring is 1. The van der Waals surface area contributed by atoms with Crippen LogP contribution in [0, 0.1) is 11.6 Å². The standard InChI is InChI=1S/C24H19F5N4O2/c1-35-11-16-10-33-22(23(30)31-12-32-33)21(16)14-3-2-13(20(26)9-14)7-18(34)8-15-6-17(24(27,28)29)4-5-19(15)25/h2-6,9-10,12H,7-8,11H2,1H3,(H2,30,31,32). The number of benzene rings is 2. The molecule has 2 N–H and O–H groups in total. The first kappa shape index (κ1) is 24.3. The minimum atomic E-state index is -4.67. The largest absolute Gasteiger partial charge is 0.416 e. The Hall–Kier alpha value is -3.86. The Labute approximate surface area is 196 Å². The van der Waals surface area contributed by atoms with E-state index in [-0.39, 0.29) is 18.0 Å². The third-order valence-electron chi connectivity index (χ3n) is 5.47. The van der Waals surface area contributed by atoms with Crippen molar-refractivity contribution in [1.82, 2.24) is 14.6 Å². The van der Waals surface area contributed by atoms with E-state index in [1.54, 1.807) is 12.3 Å². The summed E-state index contributed by atoms with van der Waals surface area (Å²) in [5, 5.41) is 4.11. The Morgan fingerprint density at radius 2 is 1.77 bits per heavy atom. The summed E-state index contributed by atoms with van der Waals surface area (Å²) in [5.74, 6) is -2.10. The summed E-state index contributed by atoms with van der Waals surface area (Å²) in [5.41, 5.74) is 6.72. The van der Waals surface area contributed by atoms with Crippen molar-refractivity contribution >= 4 is 17.1 Å². The number of fused-ring (bicyclic) bond motifs is 1. The van der Waals surface area contributed by atoms with E-state index in [2.05, 4.69) is 10.1 Å². The highest BCUT2D eigenvalue weighted by Gasteiger charge is 2.31. The molecule has 6 nitrogen and oxygen atoms in total. The molecular weight excluding hydrogens is 471 g/mol. The van der Waals surface area contributed by atoms with Crippen LogP contribution >= 0.6 is 0 Å². The topological polar surface area (TPSA) is 82.5 Å². The molecule has 0 aliphatic carbocycles. The van der Waals surface area contributed by atoms with Crippen molar-refractivity contribution in [3.63, 3.8) is 0 Å². The summed E-state index contributed by atoms with van der Waals surface area (Å²) in [6.45, 7) is 0.197. The van der Waals surface area contributed by atoms with Crippen LogP contribution in [-0.2, 0) is 35.2 Å². The minimum Gasteiger partial charge on any atom is -0.382 e. The Morgan fingerprint density at radius 1 is 1.03 bits per heavy atom. The van der Waals surface area contributed by atoms with Crippen LogP contribution in [0.3, 0.4) is 0 Å². The van der Waals surface area contributed by atoms with E-state index < -0.39 is 47.6 Å². The first-order valence-corrected chi connectivity index (χ1v) is 10.3. The molecule has 0 amide bonds. The Morgan fingerprint density at radius 3 is 2.46 bits per heavy atom. The molecule has 0 saturated carbocycles. The van der Waals surface area contributed by atoms with Gasteiger partial charge in [0, 0.05) is 37.3 Å². The molecule has 2 aromatic heterocycles. The van der Waals surface area contributed by atoms with E-state index in [0.717, 1.165) is 0 Å². The molecule has 0 unspecified atom stereocenters. The average Bonchev–Trinajstić information content (AvgIpc) is 3.15. The second-order valence-electron chi connectivity index (χ2n) is 7.90. The molecular formula is C24H19F5N4O2. The number of hydrogen-bond acceptors (Lipinski definition) is 5. The van der Waals surface area contributed by atoms with Gasteiger partial charge in [-0.2, -0.15) is 18.3 Å². The fourth-order valence-electron chi connectivity index (χ4n) is 3.89. The van der Waals surface area contributed by atoms with Gasteiger partial charge in [-0.15, -0.1) is 0 Å². The van der Waals surface area contributed by atoms with Crippen LogP contribution in [0.5, 0.6) is 0 Å². The maximum Gasteiger partial charge on any atom is 0.416 e. The number of Topliss-reactive ketones (excluding diaryl/α,β-unsaturated/α-hetero) is 1. The van der Waals surface area contributed by atoms with E-state index >= 15 is 0 Å². The highest BCUT2D eigenvalue weighted by Crippen LogP contribution is 2.34. The number of rotatable bonds is 7. The van der Waals surface area contributed by atoms with Crippen LogP contribution in [0.2, 0.25) is 0 Å². The number of alkyl halides is 3. The van der Waals surface area contributed by atoms with Gasteiger partial charge in [-0.05, 0) is 41.0 Å². The Kier molecular flexibility index (Phi) is 6.53. The predicted octanol–water partition coefficient (Wildman–Crippen LogP) is 4.78. The number of anilines is 1. The number of aromatic nitrogens is 3. The lowest BCUT2D eigenvalue weighted by Crippen LogP contribution is -2.11. The number of carbonyl (C=O) groups excluding carboxylic acids is 1. The molecule has 182 valence electrons. The minimum absolute atomic E-state index is 0.0205. The summed E-state index contributed by atoms with van der Waals surface area (Å²) in [6, 6.07) is 6.05. The molecule has 35 heavy (non-hydrogen) atoms. The van der Waals surface area contributed by atoms with Gasteiger partial charge in [-0.3, -0.25) is 4.79 Å². The molecule has 0 radical (unpaired) electrons. The summed E-state index contributed by atoms with van der Waals surface area (Å²) >= 11 is 0. The number of ketones is 1. The molecule has 4 aromatic rings. The van der Waals surface area contributed by atoms with Crippen LogP contribution in [0.25, 0.3) is 16.6 Å². The molecule has 0 fully saturated rings. The van der Waals surface area contributed by atoms with Gasteiger partial charge in [0.15, 0.2) is 5.82 Å². The molecule has 0 bridgehead atoms. The number of methoxy groups -OCH3 is 1. The van der Waals surface area contributed by atoms with Gasteiger partial charge >= 0.3 is 6.18 Å². The van der Waals surface area contributed by atoms with Gasteiger partial charge in [-0.1, -0.05) is 12.1 Å². The van der Waals surface area contributed by atoms with Crippen LogP contribution < -0.4 is 5.73 Å². The molecule has 2 heterocycles. The second kappa shape index (κ2) is 9.41. The lowest BCUT2D eigenvalue weighted by molar-refractivity contribution is -0.137. The van der Waals surface area contributed by atoms with Crippen molar-refractivity contribution in [2.24, 2.45) is 0 Å². The summed E-state index contributed by atoms with van der Waals surface area (Å²) in [6.07, 6.45) is -2.73. The normalized spacial score (nSPS) is 11.8. The number of nitrogens with two attached hydrogens (primary N) is 1. The maximum absolute atomic E-state index is 15.0. The lowest BCUT2D eigenvalue weighted by atomic mass is 9.97. The third-order valence-corrected chi connectivity index (χ3v) is 5.47. The van der Waals surface area contributed by atoms with Crippen LogP contribution in [0.15, 0.2) is 48.9 Å². The molecule has 11 heteroatoms. The van der Waals surface area contributed by atoms with Crippen molar-refractivity contribution < 1.29 is 31.5 Å². The summed E-state index contributed by atoms with van der Waals surface area (Å²) < 4.78 is 74.4. The number of hydrogen-bond donors (Lipinski definition) is 1. The van der Waals surface area contributed by atoms with Gasteiger partial charge in [0.05, 0.1) is 12.2 Å². The molecule has 0 saturated heterocycles. The SMILES string of the molecule is COCc1cn2ncnc(N)c2c1-c1ccc(CC(=O)Cc2cc(C(F)(F)F)ccc2F)c(F)c1. The zero-order valence-corrected chi connectivity index (χ0v) is 18.4. The van der Waals surface area contributed by atoms with Gasteiger partial charge in [0.2, 0.25) is 0 Å². The Bertz CT molecular complexity index is 1420. The third kappa shape index (κ3) is 4.99. The van der Waals surface area contributed by atoms with Crippen molar-refractivity contribution in [1.29, 1.82) is 0 Å². The number of halogens is 5. The Balaban J connectivity index is 1.61. The predicted molar refractivity (Wildman–Crippen MR) is 117 cm³/mol.